The predicted octanol–water partition coefficient (Wildman–Crippen LogP) is 2.50. The third kappa shape index (κ3) is 4.06. The Kier molecular flexibility index (Phi) is 5.11. The lowest BCUT2D eigenvalue weighted by atomic mass is 9.93. The molecule has 2 aliphatic heterocycles. The largest absolute Gasteiger partial charge is 0.317 e. The molecule has 1 N–H and O–H groups in total. The van der Waals surface area contributed by atoms with Gasteiger partial charge in [-0.25, -0.2) is 0 Å². The highest BCUT2D eigenvalue weighted by Crippen LogP contribution is 2.20. The number of hydrogen-bond acceptors (Lipinski definition) is 2. The Balaban J connectivity index is 1.53. The lowest BCUT2D eigenvalue weighted by Crippen LogP contribution is -2.34. The van der Waals surface area contributed by atoms with Gasteiger partial charge in [-0.2, -0.15) is 0 Å². The van der Waals surface area contributed by atoms with E-state index in [-0.39, 0.29) is 0 Å². The van der Waals surface area contributed by atoms with Gasteiger partial charge in [0.25, 0.3) is 0 Å². The van der Waals surface area contributed by atoms with Crippen LogP contribution in [-0.4, -0.2) is 37.6 Å². The van der Waals surface area contributed by atoms with Crippen molar-refractivity contribution in [2.75, 3.05) is 32.7 Å². The average molecular weight is 224 g/mol. The number of rotatable bonds is 4. The van der Waals surface area contributed by atoms with Gasteiger partial charge in [-0.3, -0.25) is 0 Å². The van der Waals surface area contributed by atoms with Gasteiger partial charge in [-0.1, -0.05) is 6.92 Å². The van der Waals surface area contributed by atoms with E-state index < -0.39 is 0 Å². The Morgan fingerprint density at radius 1 is 1.06 bits per heavy atom. The summed E-state index contributed by atoms with van der Waals surface area (Å²) >= 11 is 0. The first kappa shape index (κ1) is 12.4. The summed E-state index contributed by atoms with van der Waals surface area (Å²) in [5, 5.41) is 3.45. The molecule has 2 saturated heterocycles. The zero-order chi connectivity index (χ0) is 11.2. The van der Waals surface area contributed by atoms with Gasteiger partial charge in [0.2, 0.25) is 0 Å². The van der Waals surface area contributed by atoms with E-state index in [1.807, 2.05) is 0 Å². The van der Waals surface area contributed by atoms with Crippen molar-refractivity contribution < 1.29 is 0 Å². The molecule has 0 spiro atoms. The highest BCUT2D eigenvalue weighted by atomic mass is 15.1. The van der Waals surface area contributed by atoms with Gasteiger partial charge >= 0.3 is 0 Å². The van der Waals surface area contributed by atoms with Crippen molar-refractivity contribution in [3.05, 3.63) is 0 Å². The van der Waals surface area contributed by atoms with Gasteiger partial charge in [0.05, 0.1) is 0 Å². The van der Waals surface area contributed by atoms with E-state index in [1.54, 1.807) is 0 Å². The summed E-state index contributed by atoms with van der Waals surface area (Å²) in [6, 6.07) is 0. The third-order valence-corrected chi connectivity index (χ3v) is 4.42. The minimum absolute atomic E-state index is 0.973. The quantitative estimate of drug-likeness (QED) is 0.789. The van der Waals surface area contributed by atoms with E-state index in [4.69, 9.17) is 0 Å². The molecule has 2 rings (SSSR count). The van der Waals surface area contributed by atoms with Crippen molar-refractivity contribution in [1.29, 1.82) is 0 Å². The summed E-state index contributed by atoms with van der Waals surface area (Å²) in [4.78, 5) is 2.68. The van der Waals surface area contributed by atoms with Crippen molar-refractivity contribution in [2.24, 2.45) is 11.8 Å². The minimum Gasteiger partial charge on any atom is -0.317 e. The van der Waals surface area contributed by atoms with Crippen LogP contribution in [0.5, 0.6) is 0 Å². The second-order valence-electron chi connectivity index (χ2n) is 5.86. The summed E-state index contributed by atoms with van der Waals surface area (Å²) in [5.41, 5.74) is 0. The number of hydrogen-bond donors (Lipinski definition) is 1. The van der Waals surface area contributed by atoms with Gasteiger partial charge in [-0.05, 0) is 83.1 Å². The Bertz CT molecular complexity index is 179. The Hall–Kier alpha value is -0.0800. The van der Waals surface area contributed by atoms with Crippen molar-refractivity contribution in [1.82, 2.24) is 10.2 Å². The molecule has 0 atom stereocenters. The molecule has 0 unspecified atom stereocenters. The van der Waals surface area contributed by atoms with Crippen LogP contribution in [0.15, 0.2) is 0 Å². The topological polar surface area (TPSA) is 15.3 Å². The van der Waals surface area contributed by atoms with E-state index in [9.17, 15) is 0 Å². The standard InChI is InChI=1S/C14H28N2/c1-13-6-11-16(12-7-13)10-2-3-14-4-8-15-9-5-14/h13-15H,2-12H2,1H3. The zero-order valence-electron chi connectivity index (χ0n) is 10.9. The third-order valence-electron chi connectivity index (χ3n) is 4.42. The van der Waals surface area contributed by atoms with Crippen molar-refractivity contribution in [3.8, 4) is 0 Å². The fourth-order valence-electron chi connectivity index (χ4n) is 3.06. The summed E-state index contributed by atoms with van der Waals surface area (Å²) in [7, 11) is 0. The summed E-state index contributed by atoms with van der Waals surface area (Å²) < 4.78 is 0. The molecule has 0 aliphatic carbocycles. The number of nitrogens with one attached hydrogen (secondary N) is 1. The SMILES string of the molecule is CC1CCN(CCCC2CCNCC2)CC1. The van der Waals surface area contributed by atoms with Gasteiger partial charge in [0.15, 0.2) is 0 Å². The highest BCUT2D eigenvalue weighted by Gasteiger charge is 2.16. The maximum atomic E-state index is 3.45. The second-order valence-corrected chi connectivity index (χ2v) is 5.86. The number of piperidine rings is 2. The van der Waals surface area contributed by atoms with E-state index in [2.05, 4.69) is 17.1 Å². The molecule has 2 heteroatoms. The first-order chi connectivity index (χ1) is 7.84. The molecule has 0 saturated carbocycles. The molecule has 2 heterocycles. The molecule has 0 aromatic carbocycles. The summed E-state index contributed by atoms with van der Waals surface area (Å²) in [6.07, 6.45) is 8.57. The molecule has 0 radical (unpaired) electrons. The summed E-state index contributed by atoms with van der Waals surface area (Å²) in [6.45, 7) is 8.97. The van der Waals surface area contributed by atoms with Crippen LogP contribution >= 0.6 is 0 Å². The van der Waals surface area contributed by atoms with Gasteiger partial charge < -0.3 is 10.2 Å². The maximum absolute atomic E-state index is 3.45. The Morgan fingerprint density at radius 2 is 1.75 bits per heavy atom. The molecule has 94 valence electrons. The lowest BCUT2D eigenvalue weighted by molar-refractivity contribution is 0.184. The highest BCUT2D eigenvalue weighted by molar-refractivity contribution is 4.72. The van der Waals surface area contributed by atoms with Crippen LogP contribution in [0.4, 0.5) is 0 Å². The van der Waals surface area contributed by atoms with Crippen LogP contribution in [0.25, 0.3) is 0 Å². The predicted molar refractivity (Wildman–Crippen MR) is 69.7 cm³/mol. The lowest BCUT2D eigenvalue weighted by Gasteiger charge is -2.31. The molecule has 2 nitrogen and oxygen atoms in total. The fourth-order valence-corrected chi connectivity index (χ4v) is 3.06. The molecule has 0 aromatic rings. The van der Waals surface area contributed by atoms with E-state index in [0.29, 0.717) is 0 Å². The molecule has 2 aliphatic rings. The normalized spacial score (nSPS) is 26.1. The van der Waals surface area contributed by atoms with Crippen molar-refractivity contribution in [3.63, 3.8) is 0 Å². The van der Waals surface area contributed by atoms with Crippen molar-refractivity contribution >= 4 is 0 Å². The van der Waals surface area contributed by atoms with Crippen LogP contribution in [-0.2, 0) is 0 Å². The fraction of sp³-hybridized carbons (Fsp3) is 1.00. The van der Waals surface area contributed by atoms with Crippen LogP contribution in [0.2, 0.25) is 0 Å². The number of likely N-dealkylation sites (tertiary alicyclic amines) is 1. The van der Waals surface area contributed by atoms with Crippen LogP contribution in [0.3, 0.4) is 0 Å². The Morgan fingerprint density at radius 3 is 2.44 bits per heavy atom. The smallest absolute Gasteiger partial charge is 0.00162 e. The van der Waals surface area contributed by atoms with Gasteiger partial charge in [-0.15, -0.1) is 0 Å². The summed E-state index contributed by atoms with van der Waals surface area (Å²) in [5.74, 6) is 1.99. The van der Waals surface area contributed by atoms with Gasteiger partial charge in [0.1, 0.15) is 0 Å². The van der Waals surface area contributed by atoms with Crippen LogP contribution < -0.4 is 5.32 Å². The molecule has 0 amide bonds. The van der Waals surface area contributed by atoms with E-state index in [0.717, 1.165) is 11.8 Å². The van der Waals surface area contributed by atoms with E-state index in [1.165, 1.54) is 71.2 Å². The molecular formula is C14H28N2. The monoisotopic (exact) mass is 224 g/mol. The molecule has 0 bridgehead atoms. The molecule has 16 heavy (non-hydrogen) atoms. The van der Waals surface area contributed by atoms with Crippen LogP contribution in [0.1, 0.15) is 45.4 Å². The zero-order valence-corrected chi connectivity index (χ0v) is 10.9. The van der Waals surface area contributed by atoms with Crippen molar-refractivity contribution in [2.45, 2.75) is 45.4 Å². The van der Waals surface area contributed by atoms with Crippen LogP contribution in [0, 0.1) is 11.8 Å². The maximum Gasteiger partial charge on any atom is -0.00162 e. The molecule has 0 aromatic heterocycles. The first-order valence-corrected chi connectivity index (χ1v) is 7.27. The molecular weight excluding hydrogens is 196 g/mol. The first-order valence-electron chi connectivity index (χ1n) is 7.27. The Labute approximate surface area is 101 Å². The van der Waals surface area contributed by atoms with E-state index >= 15 is 0 Å². The second kappa shape index (κ2) is 6.61. The minimum atomic E-state index is 0.973. The van der Waals surface area contributed by atoms with Gasteiger partial charge in [0, 0.05) is 0 Å². The molecule has 2 fully saturated rings. The average Bonchev–Trinajstić information content (AvgIpc) is 2.33. The number of nitrogens with zero attached hydrogens (tertiary/aromatic N) is 1.